The quantitative estimate of drug-likeness (QED) is 0.802. The number of likely N-dealkylation sites (tertiary alicyclic amines) is 1. The van der Waals surface area contributed by atoms with Crippen LogP contribution < -0.4 is 5.32 Å². The Morgan fingerprint density at radius 1 is 1.38 bits per heavy atom. The first-order valence-electron chi connectivity index (χ1n) is 9.44. The van der Waals surface area contributed by atoms with E-state index in [1.54, 1.807) is 0 Å². The Balaban J connectivity index is 1.43. The van der Waals surface area contributed by atoms with Crippen LogP contribution in [0.15, 0.2) is 10.5 Å². The summed E-state index contributed by atoms with van der Waals surface area (Å²) in [7, 11) is 0. The fraction of sp³-hybridized carbons (Fsp3) is 0.632. The van der Waals surface area contributed by atoms with Crippen LogP contribution in [-0.4, -0.2) is 40.0 Å². The maximum absolute atomic E-state index is 12.4. The molecule has 3 rings (SSSR count). The highest BCUT2D eigenvalue weighted by Gasteiger charge is 2.22. The third-order valence-corrected chi connectivity index (χ3v) is 5.81. The molecule has 0 atom stereocenters. The molecule has 0 radical (unpaired) electrons. The molecule has 0 spiro atoms. The Morgan fingerprint density at radius 2 is 2.15 bits per heavy atom. The number of hydrogen-bond donors (Lipinski definition) is 1. The molecular weight excluding hydrogens is 348 g/mol. The van der Waals surface area contributed by atoms with Crippen molar-refractivity contribution in [2.75, 3.05) is 19.6 Å². The van der Waals surface area contributed by atoms with Gasteiger partial charge in [0.1, 0.15) is 16.4 Å². The van der Waals surface area contributed by atoms with Crippen LogP contribution >= 0.6 is 11.5 Å². The van der Waals surface area contributed by atoms with Gasteiger partial charge in [-0.25, -0.2) is 0 Å². The minimum absolute atomic E-state index is 0.0182. The number of piperidine rings is 1. The molecule has 26 heavy (non-hydrogen) atoms. The lowest BCUT2D eigenvalue weighted by molar-refractivity contribution is 0.0938. The van der Waals surface area contributed by atoms with E-state index in [4.69, 9.17) is 4.42 Å². The molecule has 1 aliphatic heterocycles. The second-order valence-electron chi connectivity index (χ2n) is 7.17. The molecule has 2 aromatic heterocycles. The van der Waals surface area contributed by atoms with Crippen molar-refractivity contribution in [2.45, 2.75) is 53.0 Å². The molecule has 2 aromatic rings. The molecule has 1 saturated heterocycles. The maximum Gasteiger partial charge on any atom is 0.264 e. The highest BCUT2D eigenvalue weighted by atomic mass is 32.1. The van der Waals surface area contributed by atoms with Gasteiger partial charge in [0.05, 0.1) is 5.69 Å². The van der Waals surface area contributed by atoms with Crippen molar-refractivity contribution in [3.05, 3.63) is 33.7 Å². The second kappa shape index (κ2) is 8.77. The summed E-state index contributed by atoms with van der Waals surface area (Å²) >= 11 is 1.20. The van der Waals surface area contributed by atoms with Crippen molar-refractivity contribution in [2.24, 2.45) is 5.92 Å². The van der Waals surface area contributed by atoms with Crippen LogP contribution in [0, 0.1) is 19.8 Å². The standard InChI is InChI=1S/C19H28N4O2S/c1-4-5-17-18(26-22-21-17)19(24)20-11-15-6-8-23(9-7-15)12-16-10-13(2)25-14(16)3/h10,15H,4-9,11-12H2,1-3H3,(H,20,24). The van der Waals surface area contributed by atoms with Crippen molar-refractivity contribution in [3.8, 4) is 0 Å². The van der Waals surface area contributed by atoms with Crippen LogP contribution in [0.4, 0.5) is 0 Å². The topological polar surface area (TPSA) is 71.3 Å². The number of aryl methyl sites for hydroxylation is 3. The van der Waals surface area contributed by atoms with Crippen molar-refractivity contribution in [3.63, 3.8) is 0 Å². The number of nitrogens with zero attached hydrogens (tertiary/aromatic N) is 3. The predicted octanol–water partition coefficient (Wildman–Crippen LogP) is 3.34. The number of carbonyl (C=O) groups excluding carboxylic acids is 1. The van der Waals surface area contributed by atoms with Crippen molar-refractivity contribution in [1.29, 1.82) is 0 Å². The molecule has 0 saturated carbocycles. The van der Waals surface area contributed by atoms with Crippen LogP contribution in [0.1, 0.15) is 58.6 Å². The minimum atomic E-state index is -0.0182. The monoisotopic (exact) mass is 376 g/mol. The minimum Gasteiger partial charge on any atom is -0.466 e. The van der Waals surface area contributed by atoms with E-state index in [2.05, 4.69) is 32.8 Å². The molecule has 3 heterocycles. The zero-order valence-electron chi connectivity index (χ0n) is 15.9. The van der Waals surface area contributed by atoms with E-state index < -0.39 is 0 Å². The molecule has 0 bridgehead atoms. The Labute approximate surface area is 159 Å². The number of rotatable bonds is 7. The summed E-state index contributed by atoms with van der Waals surface area (Å²) in [6.07, 6.45) is 4.00. The summed E-state index contributed by atoms with van der Waals surface area (Å²) < 4.78 is 9.55. The van der Waals surface area contributed by atoms with Gasteiger partial charge in [0.2, 0.25) is 0 Å². The molecule has 1 aliphatic rings. The highest BCUT2D eigenvalue weighted by Crippen LogP contribution is 2.22. The summed E-state index contributed by atoms with van der Waals surface area (Å²) in [5.74, 6) is 2.53. The van der Waals surface area contributed by atoms with E-state index in [1.807, 2.05) is 13.8 Å². The third-order valence-electron chi connectivity index (χ3n) is 5.04. The average Bonchev–Trinajstić information content (AvgIpc) is 3.21. The largest absolute Gasteiger partial charge is 0.466 e. The fourth-order valence-corrected chi connectivity index (χ4v) is 4.15. The summed E-state index contributed by atoms with van der Waals surface area (Å²) in [5.41, 5.74) is 2.12. The van der Waals surface area contributed by atoms with E-state index in [-0.39, 0.29) is 5.91 Å². The molecule has 1 amide bonds. The van der Waals surface area contributed by atoms with Crippen molar-refractivity contribution < 1.29 is 9.21 Å². The zero-order valence-corrected chi connectivity index (χ0v) is 16.7. The van der Waals surface area contributed by atoms with Gasteiger partial charge < -0.3 is 9.73 Å². The molecule has 1 N–H and O–H groups in total. The SMILES string of the molecule is CCCc1nnsc1C(=O)NCC1CCN(Cc2cc(C)oc2C)CC1. The number of aromatic nitrogens is 2. The predicted molar refractivity (Wildman–Crippen MR) is 102 cm³/mol. The van der Waals surface area contributed by atoms with Crippen LogP contribution in [0.3, 0.4) is 0 Å². The van der Waals surface area contributed by atoms with E-state index in [9.17, 15) is 4.79 Å². The summed E-state index contributed by atoms with van der Waals surface area (Å²) in [4.78, 5) is 15.5. The van der Waals surface area contributed by atoms with Crippen molar-refractivity contribution in [1.82, 2.24) is 19.8 Å². The van der Waals surface area contributed by atoms with Gasteiger partial charge in [0.25, 0.3) is 5.91 Å². The van der Waals surface area contributed by atoms with Gasteiger partial charge in [-0.2, -0.15) is 0 Å². The lowest BCUT2D eigenvalue weighted by Gasteiger charge is -2.31. The molecule has 142 valence electrons. The van der Waals surface area contributed by atoms with Crippen LogP contribution in [0.2, 0.25) is 0 Å². The summed E-state index contributed by atoms with van der Waals surface area (Å²) in [6.45, 7) is 9.93. The van der Waals surface area contributed by atoms with E-state index in [0.29, 0.717) is 10.8 Å². The molecule has 7 heteroatoms. The van der Waals surface area contributed by atoms with Gasteiger partial charge in [0, 0.05) is 18.7 Å². The highest BCUT2D eigenvalue weighted by molar-refractivity contribution is 7.08. The van der Waals surface area contributed by atoms with Gasteiger partial charge in [-0.1, -0.05) is 17.8 Å². The number of amides is 1. The molecule has 0 unspecified atom stereocenters. The number of nitrogens with one attached hydrogen (secondary N) is 1. The fourth-order valence-electron chi connectivity index (χ4n) is 3.53. The normalized spacial score (nSPS) is 16.1. The summed E-state index contributed by atoms with van der Waals surface area (Å²) in [5, 5.41) is 7.16. The van der Waals surface area contributed by atoms with Crippen molar-refractivity contribution >= 4 is 17.4 Å². The first kappa shape index (κ1) is 19.0. The second-order valence-corrected chi connectivity index (χ2v) is 7.92. The van der Waals surface area contributed by atoms with Gasteiger partial charge in [-0.3, -0.25) is 9.69 Å². The molecule has 0 aliphatic carbocycles. The van der Waals surface area contributed by atoms with Gasteiger partial charge in [-0.05, 0) is 69.7 Å². The van der Waals surface area contributed by atoms with Gasteiger partial charge in [-0.15, -0.1) is 5.10 Å². The zero-order chi connectivity index (χ0) is 18.5. The lowest BCUT2D eigenvalue weighted by Crippen LogP contribution is -2.38. The Bertz CT molecular complexity index is 732. The Hall–Kier alpha value is -1.73. The first-order chi connectivity index (χ1) is 12.6. The smallest absolute Gasteiger partial charge is 0.264 e. The van der Waals surface area contributed by atoms with Gasteiger partial charge in [0.15, 0.2) is 0 Å². The molecule has 0 aromatic carbocycles. The summed E-state index contributed by atoms with van der Waals surface area (Å²) in [6, 6.07) is 2.14. The van der Waals surface area contributed by atoms with Crippen LogP contribution in [0.5, 0.6) is 0 Å². The molecule has 1 fully saturated rings. The van der Waals surface area contributed by atoms with Gasteiger partial charge >= 0.3 is 0 Å². The number of furan rings is 1. The third kappa shape index (κ3) is 4.71. The maximum atomic E-state index is 12.4. The number of hydrogen-bond acceptors (Lipinski definition) is 6. The molecule has 6 nitrogen and oxygen atoms in total. The lowest BCUT2D eigenvalue weighted by atomic mass is 9.96. The Morgan fingerprint density at radius 3 is 2.81 bits per heavy atom. The number of carbonyl (C=O) groups is 1. The van der Waals surface area contributed by atoms with E-state index in [0.717, 1.165) is 69.1 Å². The van der Waals surface area contributed by atoms with E-state index >= 15 is 0 Å². The van der Waals surface area contributed by atoms with Crippen LogP contribution in [-0.2, 0) is 13.0 Å². The average molecular weight is 377 g/mol. The Kier molecular flexibility index (Phi) is 6.43. The van der Waals surface area contributed by atoms with E-state index in [1.165, 1.54) is 17.1 Å². The molecular formula is C19H28N4O2S. The first-order valence-corrected chi connectivity index (χ1v) is 10.2. The van der Waals surface area contributed by atoms with Crippen LogP contribution in [0.25, 0.3) is 0 Å².